The summed E-state index contributed by atoms with van der Waals surface area (Å²) in [6.07, 6.45) is 0. The first-order valence-corrected chi connectivity index (χ1v) is 8.75. The third kappa shape index (κ3) is 3.60. The van der Waals surface area contributed by atoms with Crippen LogP contribution in [0.15, 0.2) is 41.8 Å². The zero-order valence-electron chi connectivity index (χ0n) is 14.2. The molecule has 3 aromatic rings. The summed E-state index contributed by atoms with van der Waals surface area (Å²) < 4.78 is 7.47. The van der Waals surface area contributed by atoms with Crippen LogP contribution >= 0.6 is 11.3 Å². The van der Waals surface area contributed by atoms with Gasteiger partial charge in [0.2, 0.25) is 5.13 Å². The average Bonchev–Trinajstić information content (AvgIpc) is 3.17. The molecule has 2 N–H and O–H groups in total. The highest BCUT2D eigenvalue weighted by Crippen LogP contribution is 2.29. The number of anilines is 2. The van der Waals surface area contributed by atoms with Crippen LogP contribution in [0.4, 0.5) is 10.8 Å². The minimum atomic E-state index is 0.709. The van der Waals surface area contributed by atoms with Gasteiger partial charge in [0, 0.05) is 36.0 Å². The number of hydrogen-bond acceptors (Lipinski definition) is 5. The number of benzene rings is 1. The number of hydrazine groups is 1. The molecule has 0 atom stereocenters. The van der Waals surface area contributed by atoms with Gasteiger partial charge in [-0.05, 0) is 32.0 Å². The van der Waals surface area contributed by atoms with Gasteiger partial charge in [-0.25, -0.2) is 4.98 Å². The van der Waals surface area contributed by atoms with E-state index in [1.165, 1.54) is 17.0 Å². The Morgan fingerprint density at radius 1 is 1.17 bits per heavy atom. The standard InChI is InChI=1S/C18H22N4OS/c1-13-11-16(14(2)22(13)9-10-23-3)17-12-24-18(19-17)21-20-15-7-5-4-6-8-15/h4-8,11-12,20H,9-10H2,1-3H3,(H,19,21). The van der Waals surface area contributed by atoms with Crippen LogP contribution in [0.5, 0.6) is 0 Å². The second-order valence-corrected chi connectivity index (χ2v) is 6.44. The van der Waals surface area contributed by atoms with Crippen molar-refractivity contribution in [3.05, 3.63) is 53.2 Å². The van der Waals surface area contributed by atoms with Crippen molar-refractivity contribution in [2.24, 2.45) is 0 Å². The normalized spacial score (nSPS) is 10.8. The van der Waals surface area contributed by atoms with Crippen molar-refractivity contribution in [2.75, 3.05) is 24.6 Å². The Kier molecular flexibility index (Phi) is 5.17. The zero-order valence-corrected chi connectivity index (χ0v) is 15.0. The molecule has 0 unspecified atom stereocenters. The summed E-state index contributed by atoms with van der Waals surface area (Å²) in [6, 6.07) is 12.2. The lowest BCUT2D eigenvalue weighted by Gasteiger charge is -2.08. The van der Waals surface area contributed by atoms with E-state index >= 15 is 0 Å². The molecule has 6 heteroatoms. The van der Waals surface area contributed by atoms with Gasteiger partial charge >= 0.3 is 0 Å². The SMILES string of the molecule is COCCn1c(C)cc(-c2csc(NNc3ccccc3)n2)c1C. The summed E-state index contributed by atoms with van der Waals surface area (Å²) in [4.78, 5) is 4.69. The second-order valence-electron chi connectivity index (χ2n) is 5.58. The van der Waals surface area contributed by atoms with Crippen LogP contribution in [0.1, 0.15) is 11.4 Å². The van der Waals surface area contributed by atoms with Crippen LogP contribution in [-0.2, 0) is 11.3 Å². The number of aryl methyl sites for hydroxylation is 1. The fourth-order valence-corrected chi connectivity index (χ4v) is 3.35. The van der Waals surface area contributed by atoms with Crippen molar-refractivity contribution < 1.29 is 4.74 Å². The number of nitrogens with one attached hydrogen (secondary N) is 2. The molecule has 2 heterocycles. The monoisotopic (exact) mass is 342 g/mol. The van der Waals surface area contributed by atoms with E-state index in [2.05, 4.69) is 40.7 Å². The summed E-state index contributed by atoms with van der Waals surface area (Å²) in [6.45, 7) is 5.82. The number of hydrogen-bond donors (Lipinski definition) is 2. The van der Waals surface area contributed by atoms with Crippen molar-refractivity contribution in [3.63, 3.8) is 0 Å². The number of rotatable bonds is 7. The predicted molar refractivity (Wildman–Crippen MR) is 101 cm³/mol. The van der Waals surface area contributed by atoms with Gasteiger partial charge in [-0.1, -0.05) is 18.2 Å². The molecule has 0 aliphatic carbocycles. The van der Waals surface area contributed by atoms with E-state index in [1.54, 1.807) is 18.4 Å². The Bertz CT molecular complexity index is 795. The maximum atomic E-state index is 5.20. The molecule has 0 saturated carbocycles. The van der Waals surface area contributed by atoms with Gasteiger partial charge in [-0.3, -0.25) is 10.9 Å². The number of para-hydroxylation sites is 1. The number of thiazole rings is 1. The first kappa shape index (κ1) is 16.5. The van der Waals surface area contributed by atoms with Crippen LogP contribution in [0, 0.1) is 13.8 Å². The average molecular weight is 342 g/mol. The van der Waals surface area contributed by atoms with Crippen molar-refractivity contribution in [3.8, 4) is 11.3 Å². The lowest BCUT2D eigenvalue weighted by atomic mass is 10.2. The van der Waals surface area contributed by atoms with E-state index in [9.17, 15) is 0 Å². The lowest BCUT2D eigenvalue weighted by molar-refractivity contribution is 0.186. The minimum Gasteiger partial charge on any atom is -0.383 e. The van der Waals surface area contributed by atoms with Gasteiger partial charge in [-0.15, -0.1) is 11.3 Å². The van der Waals surface area contributed by atoms with E-state index < -0.39 is 0 Å². The predicted octanol–water partition coefficient (Wildman–Crippen LogP) is 4.31. The molecule has 24 heavy (non-hydrogen) atoms. The van der Waals surface area contributed by atoms with Crippen LogP contribution in [0.3, 0.4) is 0 Å². The molecule has 0 amide bonds. The molecule has 0 fully saturated rings. The molecule has 126 valence electrons. The van der Waals surface area contributed by atoms with Gasteiger partial charge in [0.15, 0.2) is 0 Å². The summed E-state index contributed by atoms with van der Waals surface area (Å²) >= 11 is 1.59. The van der Waals surface area contributed by atoms with Gasteiger partial charge < -0.3 is 9.30 Å². The molecule has 0 radical (unpaired) electrons. The summed E-state index contributed by atoms with van der Waals surface area (Å²) in [5.41, 5.74) is 11.9. The number of methoxy groups -OCH3 is 1. The number of aromatic nitrogens is 2. The quantitative estimate of drug-likeness (QED) is 0.628. The third-order valence-electron chi connectivity index (χ3n) is 3.96. The molecule has 3 rings (SSSR count). The fourth-order valence-electron chi connectivity index (χ4n) is 2.69. The van der Waals surface area contributed by atoms with E-state index in [1.807, 2.05) is 30.3 Å². The highest BCUT2D eigenvalue weighted by atomic mass is 32.1. The van der Waals surface area contributed by atoms with Gasteiger partial charge in [0.1, 0.15) is 0 Å². The van der Waals surface area contributed by atoms with Crippen molar-refractivity contribution >= 4 is 22.2 Å². The molecule has 0 aliphatic heterocycles. The molecular formula is C18H22N4OS. The van der Waals surface area contributed by atoms with Gasteiger partial charge in [0.25, 0.3) is 0 Å². The molecule has 0 saturated heterocycles. The summed E-state index contributed by atoms with van der Waals surface area (Å²) in [5, 5.41) is 2.92. The highest BCUT2D eigenvalue weighted by Gasteiger charge is 2.13. The molecule has 0 aliphatic rings. The lowest BCUT2D eigenvalue weighted by Crippen LogP contribution is -2.08. The minimum absolute atomic E-state index is 0.709. The van der Waals surface area contributed by atoms with Crippen LogP contribution < -0.4 is 10.9 Å². The molecule has 0 spiro atoms. The van der Waals surface area contributed by atoms with E-state index in [0.717, 1.165) is 23.1 Å². The number of ether oxygens (including phenoxy) is 1. The Morgan fingerprint density at radius 2 is 1.96 bits per heavy atom. The van der Waals surface area contributed by atoms with Gasteiger partial charge in [-0.2, -0.15) is 0 Å². The third-order valence-corrected chi connectivity index (χ3v) is 4.72. The van der Waals surface area contributed by atoms with Crippen molar-refractivity contribution in [1.82, 2.24) is 9.55 Å². The largest absolute Gasteiger partial charge is 0.383 e. The smallest absolute Gasteiger partial charge is 0.202 e. The first-order chi connectivity index (χ1) is 11.7. The fraction of sp³-hybridized carbons (Fsp3) is 0.278. The Morgan fingerprint density at radius 3 is 2.71 bits per heavy atom. The zero-order chi connectivity index (χ0) is 16.9. The molecule has 2 aromatic heterocycles. The van der Waals surface area contributed by atoms with Crippen molar-refractivity contribution in [1.29, 1.82) is 0 Å². The second kappa shape index (κ2) is 7.51. The van der Waals surface area contributed by atoms with Crippen LogP contribution in [-0.4, -0.2) is 23.3 Å². The van der Waals surface area contributed by atoms with Gasteiger partial charge in [0.05, 0.1) is 18.0 Å². The Labute approximate surface area is 146 Å². The summed E-state index contributed by atoms with van der Waals surface area (Å²) in [5.74, 6) is 0. The molecular weight excluding hydrogens is 320 g/mol. The Hall–Kier alpha value is -2.31. The van der Waals surface area contributed by atoms with Crippen molar-refractivity contribution in [2.45, 2.75) is 20.4 Å². The first-order valence-electron chi connectivity index (χ1n) is 7.87. The Balaban J connectivity index is 1.73. The topological polar surface area (TPSA) is 51.1 Å². The highest BCUT2D eigenvalue weighted by molar-refractivity contribution is 7.14. The van der Waals surface area contributed by atoms with Crippen LogP contribution in [0.25, 0.3) is 11.3 Å². The van der Waals surface area contributed by atoms with Crippen LogP contribution in [0.2, 0.25) is 0 Å². The molecule has 0 bridgehead atoms. The molecule has 5 nitrogen and oxygen atoms in total. The maximum Gasteiger partial charge on any atom is 0.202 e. The summed E-state index contributed by atoms with van der Waals surface area (Å²) in [7, 11) is 1.73. The van der Waals surface area contributed by atoms with E-state index in [0.29, 0.717) is 6.61 Å². The number of nitrogens with zero attached hydrogens (tertiary/aromatic N) is 2. The molecule has 1 aromatic carbocycles. The van der Waals surface area contributed by atoms with E-state index in [4.69, 9.17) is 9.72 Å². The van der Waals surface area contributed by atoms with E-state index in [-0.39, 0.29) is 0 Å². The maximum absolute atomic E-state index is 5.20.